The Bertz CT molecular complexity index is 983. The van der Waals surface area contributed by atoms with Gasteiger partial charge in [-0.05, 0) is 56.7 Å². The van der Waals surface area contributed by atoms with Gasteiger partial charge >= 0.3 is 0 Å². The number of carbonyl (C=O) groups excluding carboxylic acids is 1. The molecule has 1 amide bonds. The molecule has 3 aliphatic rings. The molecule has 4 rings (SSSR count). The molecule has 0 unspecified atom stereocenters. The van der Waals surface area contributed by atoms with Crippen molar-refractivity contribution in [1.82, 2.24) is 9.62 Å². The van der Waals surface area contributed by atoms with E-state index in [1.807, 2.05) is 31.2 Å². The van der Waals surface area contributed by atoms with Crippen molar-refractivity contribution < 1.29 is 13.2 Å². The fraction of sp³-hybridized carbons (Fsp3) is 0.565. The van der Waals surface area contributed by atoms with Crippen LogP contribution in [0.25, 0.3) is 6.08 Å². The van der Waals surface area contributed by atoms with Gasteiger partial charge in [0.2, 0.25) is 10.0 Å². The SMILES string of the molecule is C/C(=C\c1ccccc1C)S(=O)(=O)N1CCC2(CC1)N=C(C1CCCCC1)NC2=O. The molecule has 0 radical (unpaired) electrons. The van der Waals surface area contributed by atoms with Crippen LogP contribution >= 0.6 is 0 Å². The summed E-state index contributed by atoms with van der Waals surface area (Å²) >= 11 is 0. The Balaban J connectivity index is 1.48. The topological polar surface area (TPSA) is 78.8 Å². The number of amidine groups is 1. The van der Waals surface area contributed by atoms with E-state index >= 15 is 0 Å². The smallest absolute Gasteiger partial charge is 0.253 e. The van der Waals surface area contributed by atoms with Gasteiger partial charge in [-0.25, -0.2) is 8.42 Å². The highest BCUT2D eigenvalue weighted by Crippen LogP contribution is 2.35. The van der Waals surface area contributed by atoms with Crippen molar-refractivity contribution in [1.29, 1.82) is 0 Å². The number of nitrogens with zero attached hydrogens (tertiary/aromatic N) is 2. The van der Waals surface area contributed by atoms with Crippen molar-refractivity contribution in [3.05, 3.63) is 40.3 Å². The first-order valence-corrected chi connectivity index (χ1v) is 12.4. The minimum absolute atomic E-state index is 0.0488. The van der Waals surface area contributed by atoms with Crippen molar-refractivity contribution in [2.24, 2.45) is 10.9 Å². The van der Waals surface area contributed by atoms with Crippen LogP contribution in [0.3, 0.4) is 0 Å². The van der Waals surface area contributed by atoms with Crippen LogP contribution < -0.4 is 5.32 Å². The van der Waals surface area contributed by atoms with Crippen molar-refractivity contribution in [2.75, 3.05) is 13.1 Å². The molecule has 1 saturated heterocycles. The predicted octanol–water partition coefficient (Wildman–Crippen LogP) is 3.63. The normalized spacial score (nSPS) is 23.5. The van der Waals surface area contributed by atoms with E-state index < -0.39 is 15.6 Å². The summed E-state index contributed by atoms with van der Waals surface area (Å²) in [5.74, 6) is 1.14. The maximum Gasteiger partial charge on any atom is 0.253 e. The number of amides is 1. The Morgan fingerprint density at radius 2 is 1.83 bits per heavy atom. The van der Waals surface area contributed by atoms with Gasteiger partial charge in [-0.1, -0.05) is 43.5 Å². The second kappa shape index (κ2) is 8.27. The molecule has 1 spiro atoms. The number of allylic oxidation sites excluding steroid dienone is 1. The van der Waals surface area contributed by atoms with Crippen LogP contribution in [0.4, 0.5) is 0 Å². The summed E-state index contributed by atoms with van der Waals surface area (Å²) in [6, 6.07) is 7.74. The average molecular weight is 430 g/mol. The maximum absolute atomic E-state index is 13.1. The van der Waals surface area contributed by atoms with E-state index in [0.29, 0.717) is 36.8 Å². The molecule has 30 heavy (non-hydrogen) atoms. The fourth-order valence-electron chi connectivity index (χ4n) is 4.79. The van der Waals surface area contributed by atoms with Gasteiger partial charge in [-0.15, -0.1) is 0 Å². The standard InChI is InChI=1S/C23H31N3O3S/c1-17-8-6-7-11-20(17)16-18(2)30(28,29)26-14-12-23(13-15-26)22(27)24-21(25-23)19-9-4-3-5-10-19/h6-8,11,16,19H,3-5,9-10,12-15H2,1-2H3,(H,24,25,27)/b18-16+. The highest BCUT2D eigenvalue weighted by atomic mass is 32.2. The van der Waals surface area contributed by atoms with Crippen molar-refractivity contribution in [3.63, 3.8) is 0 Å². The van der Waals surface area contributed by atoms with Gasteiger partial charge in [-0.2, -0.15) is 4.31 Å². The molecule has 0 aromatic heterocycles. The Morgan fingerprint density at radius 1 is 1.17 bits per heavy atom. The van der Waals surface area contributed by atoms with E-state index in [0.717, 1.165) is 29.8 Å². The largest absolute Gasteiger partial charge is 0.312 e. The number of aryl methyl sites for hydroxylation is 1. The molecule has 2 heterocycles. The molecule has 6 nitrogen and oxygen atoms in total. The third-order valence-electron chi connectivity index (χ3n) is 6.83. The van der Waals surface area contributed by atoms with Crippen LogP contribution in [0.15, 0.2) is 34.2 Å². The first-order chi connectivity index (χ1) is 14.3. The van der Waals surface area contributed by atoms with E-state index in [9.17, 15) is 13.2 Å². The van der Waals surface area contributed by atoms with Crippen LogP contribution in [0, 0.1) is 12.8 Å². The third kappa shape index (κ3) is 3.97. The van der Waals surface area contributed by atoms with Gasteiger partial charge in [0, 0.05) is 19.0 Å². The average Bonchev–Trinajstić information content (AvgIpc) is 3.06. The number of piperidine rings is 1. The number of hydrogen-bond acceptors (Lipinski definition) is 4. The number of carbonyl (C=O) groups is 1. The Morgan fingerprint density at radius 3 is 2.50 bits per heavy atom. The third-order valence-corrected chi connectivity index (χ3v) is 8.81. The van der Waals surface area contributed by atoms with Crippen LogP contribution in [-0.4, -0.2) is 43.1 Å². The number of aliphatic imine (C=N–C) groups is 1. The van der Waals surface area contributed by atoms with E-state index in [4.69, 9.17) is 4.99 Å². The molecule has 0 bridgehead atoms. The predicted molar refractivity (Wildman–Crippen MR) is 119 cm³/mol. The van der Waals surface area contributed by atoms with E-state index in [1.165, 1.54) is 23.6 Å². The molecule has 1 N–H and O–H groups in total. The fourth-order valence-corrected chi connectivity index (χ4v) is 6.14. The molecule has 162 valence electrons. The molecular formula is C23H31N3O3S. The summed E-state index contributed by atoms with van der Waals surface area (Å²) in [4.78, 5) is 17.9. The Hall–Kier alpha value is -1.99. The quantitative estimate of drug-likeness (QED) is 0.794. The lowest BCUT2D eigenvalue weighted by Crippen LogP contribution is -2.50. The molecule has 1 saturated carbocycles. The lowest BCUT2D eigenvalue weighted by atomic mass is 9.88. The van der Waals surface area contributed by atoms with E-state index in [-0.39, 0.29) is 5.91 Å². The number of rotatable bonds is 4. The molecule has 2 fully saturated rings. The number of benzene rings is 1. The lowest BCUT2D eigenvalue weighted by molar-refractivity contribution is -0.124. The zero-order valence-corrected chi connectivity index (χ0v) is 18.7. The first-order valence-electron chi connectivity index (χ1n) is 11.0. The summed E-state index contributed by atoms with van der Waals surface area (Å²) < 4.78 is 27.7. The summed E-state index contributed by atoms with van der Waals surface area (Å²) in [6.45, 7) is 4.25. The second-order valence-electron chi connectivity index (χ2n) is 8.83. The summed E-state index contributed by atoms with van der Waals surface area (Å²) in [5, 5.41) is 3.03. The van der Waals surface area contributed by atoms with E-state index in [2.05, 4.69) is 5.32 Å². The summed E-state index contributed by atoms with van der Waals surface area (Å²) in [6.07, 6.45) is 8.40. The minimum Gasteiger partial charge on any atom is -0.312 e. The van der Waals surface area contributed by atoms with Gasteiger partial charge in [0.25, 0.3) is 5.91 Å². The number of sulfonamides is 1. The summed E-state index contributed by atoms with van der Waals surface area (Å²) in [7, 11) is -3.56. The Labute approximate surface area is 179 Å². The molecule has 2 aliphatic heterocycles. The number of nitrogens with one attached hydrogen (secondary N) is 1. The van der Waals surface area contributed by atoms with Crippen molar-refractivity contribution >= 4 is 27.8 Å². The highest BCUT2D eigenvalue weighted by Gasteiger charge is 2.48. The van der Waals surface area contributed by atoms with Gasteiger partial charge in [-0.3, -0.25) is 9.79 Å². The molecule has 1 aliphatic carbocycles. The van der Waals surface area contributed by atoms with Crippen LogP contribution in [-0.2, 0) is 14.8 Å². The maximum atomic E-state index is 13.1. The number of hydrogen-bond donors (Lipinski definition) is 1. The van der Waals surface area contributed by atoms with Crippen molar-refractivity contribution in [2.45, 2.75) is 64.3 Å². The first kappa shape index (κ1) is 21.2. The summed E-state index contributed by atoms with van der Waals surface area (Å²) in [5.41, 5.74) is 1.16. The highest BCUT2D eigenvalue weighted by molar-refractivity contribution is 7.93. The molecule has 7 heteroatoms. The molecular weight excluding hydrogens is 398 g/mol. The second-order valence-corrected chi connectivity index (χ2v) is 10.9. The van der Waals surface area contributed by atoms with Crippen LogP contribution in [0.5, 0.6) is 0 Å². The van der Waals surface area contributed by atoms with Gasteiger partial charge in [0.05, 0.1) is 4.91 Å². The Kier molecular flexibility index (Phi) is 5.86. The zero-order valence-electron chi connectivity index (χ0n) is 17.9. The van der Waals surface area contributed by atoms with Crippen molar-refractivity contribution in [3.8, 4) is 0 Å². The van der Waals surface area contributed by atoms with Crippen LogP contribution in [0.2, 0.25) is 0 Å². The molecule has 1 aromatic rings. The van der Waals surface area contributed by atoms with Gasteiger partial charge in [0.1, 0.15) is 11.4 Å². The monoisotopic (exact) mass is 429 g/mol. The molecule has 1 aromatic carbocycles. The zero-order chi connectivity index (χ0) is 21.4. The lowest BCUT2D eigenvalue weighted by Gasteiger charge is -2.35. The van der Waals surface area contributed by atoms with Gasteiger partial charge in [0.15, 0.2) is 0 Å². The van der Waals surface area contributed by atoms with Crippen LogP contribution in [0.1, 0.15) is 63.0 Å². The van der Waals surface area contributed by atoms with E-state index in [1.54, 1.807) is 13.0 Å². The minimum atomic E-state index is -3.56. The molecule has 0 atom stereocenters. The van der Waals surface area contributed by atoms with Gasteiger partial charge < -0.3 is 5.32 Å².